The Bertz CT molecular complexity index is 658. The number of carbonyl (C=O) groups is 1. The van der Waals surface area contributed by atoms with Crippen molar-refractivity contribution in [3.63, 3.8) is 0 Å². The second-order valence-electron chi connectivity index (χ2n) is 5.00. The van der Waals surface area contributed by atoms with Crippen molar-refractivity contribution < 1.29 is 4.79 Å². The molecular weight excluding hydrogens is 288 g/mol. The lowest BCUT2D eigenvalue weighted by atomic mass is 10.2. The zero-order valence-electron chi connectivity index (χ0n) is 12.1. The van der Waals surface area contributed by atoms with Gasteiger partial charge in [-0.2, -0.15) is 0 Å². The maximum Gasteiger partial charge on any atom is 0.270 e. The fourth-order valence-corrected chi connectivity index (χ4v) is 1.92. The van der Waals surface area contributed by atoms with E-state index in [2.05, 4.69) is 20.6 Å². The molecule has 6 heteroatoms. The quantitative estimate of drug-likeness (QED) is 0.909. The summed E-state index contributed by atoms with van der Waals surface area (Å²) in [5.74, 6) is 0.322. The van der Waals surface area contributed by atoms with Gasteiger partial charge in [0.15, 0.2) is 0 Å². The number of carbonyl (C=O) groups excluding carboxylic acids is 1. The molecule has 2 N–H and O–H groups in total. The van der Waals surface area contributed by atoms with Gasteiger partial charge in [0.05, 0.1) is 0 Å². The summed E-state index contributed by atoms with van der Waals surface area (Å²) in [5, 5.41) is 6.57. The highest BCUT2D eigenvalue weighted by molar-refractivity contribution is 6.30. The van der Waals surface area contributed by atoms with Crippen molar-refractivity contribution in [2.24, 2.45) is 0 Å². The summed E-state index contributed by atoms with van der Waals surface area (Å²) in [5.41, 5.74) is 2.20. The molecule has 0 aliphatic rings. The van der Waals surface area contributed by atoms with Crippen molar-refractivity contribution >= 4 is 29.0 Å². The zero-order valence-corrected chi connectivity index (χ0v) is 12.9. The third-order valence-corrected chi connectivity index (χ3v) is 3.02. The van der Waals surface area contributed by atoms with E-state index in [9.17, 15) is 4.79 Å². The molecule has 1 heterocycles. The van der Waals surface area contributed by atoms with Crippen LogP contribution >= 0.6 is 11.6 Å². The summed E-state index contributed by atoms with van der Waals surface area (Å²) in [7, 11) is 0. The first-order valence-corrected chi connectivity index (χ1v) is 6.99. The van der Waals surface area contributed by atoms with Crippen LogP contribution in [0.4, 0.5) is 11.5 Å². The molecule has 2 aromatic rings. The smallest absolute Gasteiger partial charge is 0.270 e. The number of aryl methyl sites for hydroxylation is 1. The maximum atomic E-state index is 11.9. The first kappa shape index (κ1) is 15.3. The van der Waals surface area contributed by atoms with Crippen LogP contribution in [0.2, 0.25) is 5.02 Å². The zero-order chi connectivity index (χ0) is 15.4. The van der Waals surface area contributed by atoms with Crippen LogP contribution in [0, 0.1) is 6.92 Å². The first-order valence-electron chi connectivity index (χ1n) is 6.62. The van der Waals surface area contributed by atoms with Crippen LogP contribution in [0.15, 0.2) is 30.6 Å². The van der Waals surface area contributed by atoms with E-state index in [1.54, 1.807) is 6.07 Å². The van der Waals surface area contributed by atoms with Crippen molar-refractivity contribution in [3.05, 3.63) is 46.9 Å². The molecule has 0 radical (unpaired) electrons. The van der Waals surface area contributed by atoms with E-state index in [4.69, 9.17) is 11.6 Å². The number of nitrogens with zero attached hydrogens (tertiary/aromatic N) is 2. The Morgan fingerprint density at radius 2 is 2.00 bits per heavy atom. The molecule has 110 valence electrons. The van der Waals surface area contributed by atoms with Gasteiger partial charge in [0.1, 0.15) is 17.8 Å². The fourth-order valence-electron chi connectivity index (χ4n) is 1.75. The molecule has 2 rings (SSSR count). The van der Waals surface area contributed by atoms with Gasteiger partial charge in [-0.1, -0.05) is 17.7 Å². The lowest BCUT2D eigenvalue weighted by molar-refractivity contribution is 0.0938. The molecule has 5 nitrogen and oxygen atoms in total. The Hall–Kier alpha value is -2.14. The molecule has 0 bridgehead atoms. The van der Waals surface area contributed by atoms with E-state index in [-0.39, 0.29) is 11.9 Å². The normalized spacial score (nSPS) is 10.5. The van der Waals surface area contributed by atoms with Gasteiger partial charge in [0, 0.05) is 22.8 Å². The number of nitrogens with one attached hydrogen (secondary N) is 2. The van der Waals surface area contributed by atoms with Crippen molar-refractivity contribution in [2.75, 3.05) is 5.32 Å². The van der Waals surface area contributed by atoms with Gasteiger partial charge in [-0.25, -0.2) is 9.97 Å². The van der Waals surface area contributed by atoms with E-state index >= 15 is 0 Å². The largest absolute Gasteiger partial charge is 0.349 e. The van der Waals surface area contributed by atoms with Gasteiger partial charge < -0.3 is 10.6 Å². The van der Waals surface area contributed by atoms with E-state index in [1.165, 1.54) is 6.33 Å². The predicted molar refractivity (Wildman–Crippen MR) is 84.1 cm³/mol. The van der Waals surface area contributed by atoms with Gasteiger partial charge in [0.2, 0.25) is 0 Å². The van der Waals surface area contributed by atoms with Crippen LogP contribution in [-0.2, 0) is 0 Å². The van der Waals surface area contributed by atoms with Crippen LogP contribution in [0.1, 0.15) is 29.9 Å². The lowest BCUT2D eigenvalue weighted by Crippen LogP contribution is -2.30. The molecule has 0 aliphatic heterocycles. The number of halogens is 1. The number of hydrogen-bond donors (Lipinski definition) is 2. The molecule has 0 saturated carbocycles. The first-order chi connectivity index (χ1) is 9.95. The van der Waals surface area contributed by atoms with Crippen LogP contribution in [-0.4, -0.2) is 21.9 Å². The summed E-state index contributed by atoms with van der Waals surface area (Å²) < 4.78 is 0. The average Bonchev–Trinajstić information content (AvgIpc) is 2.42. The van der Waals surface area contributed by atoms with Crippen LogP contribution in [0.25, 0.3) is 0 Å². The number of hydrogen-bond acceptors (Lipinski definition) is 4. The summed E-state index contributed by atoms with van der Waals surface area (Å²) >= 11 is 5.99. The van der Waals surface area contributed by atoms with E-state index in [0.29, 0.717) is 16.5 Å². The van der Waals surface area contributed by atoms with Crippen LogP contribution in [0.5, 0.6) is 0 Å². The SMILES string of the molecule is Cc1ccc(Cl)cc1Nc1cc(C(=O)NC(C)C)ncn1. The molecular formula is C15H17ClN4O. The van der Waals surface area contributed by atoms with Crippen molar-refractivity contribution in [1.82, 2.24) is 15.3 Å². The Balaban J connectivity index is 2.21. The predicted octanol–water partition coefficient (Wildman–Crippen LogP) is 3.32. The minimum Gasteiger partial charge on any atom is -0.349 e. The minimum atomic E-state index is -0.224. The Kier molecular flexibility index (Phi) is 4.75. The van der Waals surface area contributed by atoms with Gasteiger partial charge in [-0.15, -0.1) is 0 Å². The minimum absolute atomic E-state index is 0.0547. The number of aromatic nitrogens is 2. The Morgan fingerprint density at radius 1 is 1.24 bits per heavy atom. The highest BCUT2D eigenvalue weighted by atomic mass is 35.5. The molecule has 0 saturated heterocycles. The molecule has 1 amide bonds. The topological polar surface area (TPSA) is 66.9 Å². The molecule has 0 fully saturated rings. The highest BCUT2D eigenvalue weighted by Crippen LogP contribution is 2.23. The number of rotatable bonds is 4. The maximum absolute atomic E-state index is 11.9. The van der Waals surface area contributed by atoms with E-state index < -0.39 is 0 Å². The number of benzene rings is 1. The average molecular weight is 305 g/mol. The summed E-state index contributed by atoms with van der Waals surface area (Å²) in [4.78, 5) is 20.0. The third kappa shape index (κ3) is 4.16. The van der Waals surface area contributed by atoms with Gasteiger partial charge >= 0.3 is 0 Å². The lowest BCUT2D eigenvalue weighted by Gasteiger charge is -2.11. The number of amides is 1. The summed E-state index contributed by atoms with van der Waals surface area (Å²) in [6.45, 7) is 5.76. The van der Waals surface area contributed by atoms with E-state index in [0.717, 1.165) is 11.3 Å². The molecule has 0 spiro atoms. The number of anilines is 2. The molecule has 0 atom stereocenters. The van der Waals surface area contributed by atoms with Crippen molar-refractivity contribution in [3.8, 4) is 0 Å². The third-order valence-electron chi connectivity index (χ3n) is 2.78. The fraction of sp³-hybridized carbons (Fsp3) is 0.267. The molecule has 0 aliphatic carbocycles. The molecule has 21 heavy (non-hydrogen) atoms. The second-order valence-corrected chi connectivity index (χ2v) is 5.44. The highest BCUT2D eigenvalue weighted by Gasteiger charge is 2.10. The molecule has 1 aromatic heterocycles. The summed E-state index contributed by atoms with van der Waals surface area (Å²) in [6, 6.07) is 7.21. The van der Waals surface area contributed by atoms with Crippen molar-refractivity contribution in [2.45, 2.75) is 26.8 Å². The molecule has 1 aromatic carbocycles. The Morgan fingerprint density at radius 3 is 2.71 bits per heavy atom. The second kappa shape index (κ2) is 6.54. The van der Waals surface area contributed by atoms with E-state index in [1.807, 2.05) is 39.0 Å². The molecule has 0 unspecified atom stereocenters. The Labute approximate surface area is 128 Å². The monoisotopic (exact) mass is 304 g/mol. The van der Waals surface area contributed by atoms with Gasteiger partial charge in [0.25, 0.3) is 5.91 Å². The van der Waals surface area contributed by atoms with Gasteiger partial charge in [-0.3, -0.25) is 4.79 Å². The summed E-state index contributed by atoms with van der Waals surface area (Å²) in [6.07, 6.45) is 1.36. The standard InChI is InChI=1S/C15H17ClN4O/c1-9(2)19-15(21)13-7-14(18-8-17-13)20-12-6-11(16)5-4-10(12)3/h4-9H,1-3H3,(H,19,21)(H,17,18,20). The van der Waals surface area contributed by atoms with Crippen LogP contribution in [0.3, 0.4) is 0 Å². The van der Waals surface area contributed by atoms with Crippen LogP contribution < -0.4 is 10.6 Å². The van der Waals surface area contributed by atoms with Gasteiger partial charge in [-0.05, 0) is 38.5 Å². The van der Waals surface area contributed by atoms with Crippen molar-refractivity contribution in [1.29, 1.82) is 0 Å².